The SMILES string of the molecule is CCC(CC)(CN)NC(=O)Cn1c(CS(C)(=O)=O)nc2ccccc21.Cl.Cl. The lowest BCUT2D eigenvalue weighted by atomic mass is 9.93. The van der Waals surface area contributed by atoms with Crippen molar-refractivity contribution >= 4 is 51.6 Å². The number of carbonyl (C=O) groups is 1. The van der Waals surface area contributed by atoms with E-state index in [1.54, 1.807) is 10.6 Å². The zero-order valence-electron chi connectivity index (χ0n) is 15.8. The Morgan fingerprint density at radius 1 is 1.22 bits per heavy atom. The second-order valence-corrected chi connectivity index (χ2v) is 8.55. The van der Waals surface area contributed by atoms with Crippen LogP contribution in [-0.2, 0) is 26.9 Å². The predicted octanol–water partition coefficient (Wildman–Crippen LogP) is 2.06. The van der Waals surface area contributed by atoms with Gasteiger partial charge in [-0.05, 0) is 25.0 Å². The third-order valence-electron chi connectivity index (χ3n) is 4.58. The van der Waals surface area contributed by atoms with Crippen molar-refractivity contribution in [1.82, 2.24) is 14.9 Å². The van der Waals surface area contributed by atoms with Gasteiger partial charge in [-0.15, -0.1) is 24.8 Å². The van der Waals surface area contributed by atoms with Gasteiger partial charge in [-0.3, -0.25) is 4.79 Å². The molecule has 2 rings (SSSR count). The molecule has 0 radical (unpaired) electrons. The van der Waals surface area contributed by atoms with Crippen molar-refractivity contribution in [3.8, 4) is 0 Å². The molecule has 0 aliphatic carbocycles. The number of rotatable bonds is 8. The lowest BCUT2D eigenvalue weighted by Gasteiger charge is -2.31. The number of halogens is 2. The van der Waals surface area contributed by atoms with Crippen LogP contribution in [0.15, 0.2) is 24.3 Å². The molecule has 10 heteroatoms. The third kappa shape index (κ3) is 6.34. The number of imidazole rings is 1. The zero-order valence-corrected chi connectivity index (χ0v) is 18.2. The number of aromatic nitrogens is 2. The molecule has 2 aromatic rings. The van der Waals surface area contributed by atoms with E-state index in [1.165, 1.54) is 0 Å². The fourth-order valence-corrected chi connectivity index (χ4v) is 3.58. The number of fused-ring (bicyclic) bond motifs is 1. The first-order valence-corrected chi connectivity index (χ1v) is 10.4. The van der Waals surface area contributed by atoms with E-state index in [-0.39, 0.29) is 43.0 Å². The van der Waals surface area contributed by atoms with Gasteiger partial charge in [0, 0.05) is 12.8 Å². The molecule has 1 aromatic carbocycles. The summed E-state index contributed by atoms with van der Waals surface area (Å²) in [6.45, 7) is 4.33. The first-order chi connectivity index (χ1) is 11.7. The van der Waals surface area contributed by atoms with Crippen molar-refractivity contribution < 1.29 is 13.2 Å². The maximum atomic E-state index is 12.6. The van der Waals surface area contributed by atoms with Crippen molar-refractivity contribution in [2.45, 2.75) is 44.5 Å². The minimum Gasteiger partial charge on any atom is -0.348 e. The molecule has 0 aliphatic rings. The van der Waals surface area contributed by atoms with Gasteiger partial charge in [0.25, 0.3) is 0 Å². The summed E-state index contributed by atoms with van der Waals surface area (Å²) in [6, 6.07) is 7.30. The summed E-state index contributed by atoms with van der Waals surface area (Å²) in [4.78, 5) is 17.0. The summed E-state index contributed by atoms with van der Waals surface area (Å²) in [5, 5.41) is 3.01. The van der Waals surface area contributed by atoms with Crippen LogP contribution < -0.4 is 11.1 Å². The van der Waals surface area contributed by atoms with E-state index in [1.807, 2.05) is 32.0 Å². The summed E-state index contributed by atoms with van der Waals surface area (Å²) in [6.07, 6.45) is 2.61. The maximum absolute atomic E-state index is 12.6. The van der Waals surface area contributed by atoms with E-state index in [4.69, 9.17) is 5.73 Å². The van der Waals surface area contributed by atoms with E-state index >= 15 is 0 Å². The third-order valence-corrected chi connectivity index (χ3v) is 5.36. The number of nitrogens with zero attached hydrogens (tertiary/aromatic N) is 2. The Morgan fingerprint density at radius 2 is 1.81 bits per heavy atom. The van der Waals surface area contributed by atoms with Crippen LogP contribution >= 0.6 is 24.8 Å². The van der Waals surface area contributed by atoms with Crippen LogP contribution in [0.25, 0.3) is 11.0 Å². The maximum Gasteiger partial charge on any atom is 0.240 e. The summed E-state index contributed by atoms with van der Waals surface area (Å²) in [5.74, 6) is -0.0457. The van der Waals surface area contributed by atoms with E-state index in [0.717, 1.165) is 24.6 Å². The highest BCUT2D eigenvalue weighted by Gasteiger charge is 2.27. The van der Waals surface area contributed by atoms with Gasteiger partial charge in [0.15, 0.2) is 9.84 Å². The van der Waals surface area contributed by atoms with Crippen molar-refractivity contribution in [3.63, 3.8) is 0 Å². The van der Waals surface area contributed by atoms with Gasteiger partial charge in [0.05, 0.1) is 16.6 Å². The molecule has 1 heterocycles. The Balaban J connectivity index is 0.00000338. The molecule has 1 aromatic heterocycles. The number of nitrogens with two attached hydrogens (primary N) is 1. The zero-order chi connectivity index (χ0) is 18.7. The molecular weight excluding hydrogens is 411 g/mol. The molecule has 3 N–H and O–H groups in total. The van der Waals surface area contributed by atoms with E-state index in [0.29, 0.717) is 17.9 Å². The fourth-order valence-electron chi connectivity index (χ4n) is 2.89. The average Bonchev–Trinajstić information content (AvgIpc) is 2.88. The summed E-state index contributed by atoms with van der Waals surface area (Å²) >= 11 is 0. The monoisotopic (exact) mass is 438 g/mol. The summed E-state index contributed by atoms with van der Waals surface area (Å²) in [5.41, 5.74) is 6.81. The van der Waals surface area contributed by atoms with Gasteiger partial charge in [-0.2, -0.15) is 0 Å². The number of carbonyl (C=O) groups excluding carboxylic acids is 1. The molecule has 0 bridgehead atoms. The van der Waals surface area contributed by atoms with Gasteiger partial charge in [0.1, 0.15) is 18.1 Å². The largest absolute Gasteiger partial charge is 0.348 e. The molecule has 27 heavy (non-hydrogen) atoms. The van der Waals surface area contributed by atoms with Gasteiger partial charge < -0.3 is 15.6 Å². The minimum atomic E-state index is -3.27. The number of benzene rings is 1. The van der Waals surface area contributed by atoms with Crippen LogP contribution in [0.3, 0.4) is 0 Å². The number of nitrogens with one attached hydrogen (secondary N) is 1. The Hall–Kier alpha value is -1.35. The molecule has 7 nitrogen and oxygen atoms in total. The van der Waals surface area contributed by atoms with Crippen molar-refractivity contribution in [1.29, 1.82) is 0 Å². The van der Waals surface area contributed by atoms with Gasteiger partial charge in [-0.1, -0.05) is 26.0 Å². The average molecular weight is 439 g/mol. The highest BCUT2D eigenvalue weighted by atomic mass is 35.5. The predicted molar refractivity (Wildman–Crippen MR) is 113 cm³/mol. The molecule has 0 fully saturated rings. The fraction of sp³-hybridized carbons (Fsp3) is 0.529. The smallest absolute Gasteiger partial charge is 0.240 e. The lowest BCUT2D eigenvalue weighted by molar-refractivity contribution is -0.123. The van der Waals surface area contributed by atoms with Crippen molar-refractivity contribution in [2.75, 3.05) is 12.8 Å². The van der Waals surface area contributed by atoms with E-state index in [2.05, 4.69) is 10.3 Å². The molecule has 0 unspecified atom stereocenters. The van der Waals surface area contributed by atoms with Crippen LogP contribution in [0.1, 0.15) is 32.5 Å². The number of hydrogen-bond donors (Lipinski definition) is 2. The quantitative estimate of drug-likeness (QED) is 0.655. The highest BCUT2D eigenvalue weighted by Crippen LogP contribution is 2.18. The Labute approximate surface area is 172 Å². The number of hydrogen-bond acceptors (Lipinski definition) is 5. The molecule has 1 amide bonds. The van der Waals surface area contributed by atoms with Crippen LogP contribution in [-0.4, -0.2) is 42.2 Å². The number of amides is 1. The second kappa shape index (κ2) is 10.3. The molecule has 0 atom stereocenters. The Morgan fingerprint density at radius 3 is 2.33 bits per heavy atom. The molecule has 0 spiro atoms. The summed E-state index contributed by atoms with van der Waals surface area (Å²) < 4.78 is 25.1. The van der Waals surface area contributed by atoms with E-state index < -0.39 is 15.4 Å². The topological polar surface area (TPSA) is 107 Å². The standard InChI is InChI=1S/C17H26N4O3S.2ClH/c1-4-17(5-2,12-18)20-16(22)10-21-14-9-7-6-8-13(14)19-15(21)11-25(3,23)24;;/h6-9H,4-5,10-12,18H2,1-3H3,(H,20,22);2*1H. The first-order valence-electron chi connectivity index (χ1n) is 8.36. The molecule has 154 valence electrons. The van der Waals surface area contributed by atoms with Crippen LogP contribution in [0.4, 0.5) is 0 Å². The van der Waals surface area contributed by atoms with Gasteiger partial charge in [0.2, 0.25) is 5.91 Å². The van der Waals surface area contributed by atoms with Crippen molar-refractivity contribution in [2.24, 2.45) is 5.73 Å². The molecule has 0 saturated heterocycles. The van der Waals surface area contributed by atoms with Crippen LogP contribution in [0, 0.1) is 0 Å². The molecular formula is C17H28Cl2N4O3S. The minimum absolute atomic E-state index is 0. The van der Waals surface area contributed by atoms with Gasteiger partial charge >= 0.3 is 0 Å². The van der Waals surface area contributed by atoms with Crippen molar-refractivity contribution in [3.05, 3.63) is 30.1 Å². The number of para-hydroxylation sites is 2. The number of sulfone groups is 1. The lowest BCUT2D eigenvalue weighted by Crippen LogP contribution is -2.53. The second-order valence-electron chi connectivity index (χ2n) is 6.41. The Kier molecular flexibility index (Phi) is 9.75. The summed E-state index contributed by atoms with van der Waals surface area (Å²) in [7, 11) is -3.27. The Bertz CT molecular complexity index is 856. The highest BCUT2D eigenvalue weighted by molar-refractivity contribution is 7.89. The van der Waals surface area contributed by atoms with E-state index in [9.17, 15) is 13.2 Å². The van der Waals surface area contributed by atoms with Gasteiger partial charge in [-0.25, -0.2) is 13.4 Å². The molecule has 0 aliphatic heterocycles. The normalized spacial score (nSPS) is 11.6. The first kappa shape index (κ1) is 25.7. The molecule has 0 saturated carbocycles. The van der Waals surface area contributed by atoms with Crippen LogP contribution in [0.5, 0.6) is 0 Å². The van der Waals surface area contributed by atoms with Crippen LogP contribution in [0.2, 0.25) is 0 Å².